The molecule has 2 amide bonds. The first-order chi connectivity index (χ1) is 6.49. The zero-order valence-corrected chi connectivity index (χ0v) is 10.1. The SMILES string of the molecule is O=C(C(Br)CBr)C1CC(=O)N(O)C1=O. The summed E-state index contributed by atoms with van der Waals surface area (Å²) in [5, 5.41) is 9.26. The fourth-order valence-corrected chi connectivity index (χ4v) is 1.77. The minimum Gasteiger partial charge on any atom is -0.298 e. The van der Waals surface area contributed by atoms with Gasteiger partial charge in [-0.1, -0.05) is 31.9 Å². The van der Waals surface area contributed by atoms with E-state index in [4.69, 9.17) is 5.21 Å². The van der Waals surface area contributed by atoms with Crippen molar-refractivity contribution in [3.05, 3.63) is 0 Å². The van der Waals surface area contributed by atoms with Crippen molar-refractivity contribution in [2.45, 2.75) is 11.2 Å². The number of Topliss-reactive ketones (excluding diaryl/α,β-unsaturated/α-hetero) is 1. The molecule has 7 heteroatoms. The van der Waals surface area contributed by atoms with Crippen molar-refractivity contribution in [3.8, 4) is 0 Å². The second kappa shape index (κ2) is 4.50. The van der Waals surface area contributed by atoms with Crippen LogP contribution in [-0.2, 0) is 14.4 Å². The number of carbonyl (C=O) groups excluding carboxylic acids is 3. The van der Waals surface area contributed by atoms with Crippen molar-refractivity contribution >= 4 is 49.5 Å². The van der Waals surface area contributed by atoms with E-state index in [2.05, 4.69) is 31.9 Å². The van der Waals surface area contributed by atoms with Crippen molar-refractivity contribution in [1.29, 1.82) is 0 Å². The fraction of sp³-hybridized carbons (Fsp3) is 0.571. The molecule has 0 aliphatic carbocycles. The molecular weight excluding hydrogens is 322 g/mol. The molecule has 1 aliphatic rings. The molecular formula is C7H7Br2NO4. The second-order valence-corrected chi connectivity index (χ2v) is 4.58. The van der Waals surface area contributed by atoms with Crippen LogP contribution in [0.2, 0.25) is 0 Å². The molecule has 0 aromatic rings. The highest BCUT2D eigenvalue weighted by Crippen LogP contribution is 2.22. The monoisotopic (exact) mass is 327 g/mol. The molecule has 5 nitrogen and oxygen atoms in total. The van der Waals surface area contributed by atoms with Gasteiger partial charge in [0.05, 0.1) is 4.83 Å². The van der Waals surface area contributed by atoms with Crippen LogP contribution in [0.25, 0.3) is 0 Å². The topological polar surface area (TPSA) is 74.7 Å². The Balaban J connectivity index is 2.76. The van der Waals surface area contributed by atoms with Crippen molar-refractivity contribution in [3.63, 3.8) is 0 Å². The smallest absolute Gasteiger partial charge is 0.264 e. The molecule has 2 unspecified atom stereocenters. The highest BCUT2D eigenvalue weighted by atomic mass is 79.9. The van der Waals surface area contributed by atoms with Gasteiger partial charge in [-0.05, 0) is 0 Å². The maximum atomic E-state index is 11.5. The number of rotatable bonds is 3. The van der Waals surface area contributed by atoms with Crippen LogP contribution in [0.1, 0.15) is 6.42 Å². The summed E-state index contributed by atoms with van der Waals surface area (Å²) in [6.45, 7) is 0. The van der Waals surface area contributed by atoms with Gasteiger partial charge in [0.15, 0.2) is 5.78 Å². The molecule has 0 spiro atoms. The normalized spacial score (nSPS) is 24.2. The number of halogens is 2. The Hall–Kier alpha value is -0.270. The molecule has 1 N–H and O–H groups in total. The van der Waals surface area contributed by atoms with Gasteiger partial charge in [0.25, 0.3) is 11.8 Å². The molecule has 1 aliphatic heterocycles. The zero-order chi connectivity index (χ0) is 10.9. The van der Waals surface area contributed by atoms with E-state index in [1.54, 1.807) is 0 Å². The molecule has 0 bridgehead atoms. The zero-order valence-electron chi connectivity index (χ0n) is 6.94. The molecule has 1 rings (SSSR count). The van der Waals surface area contributed by atoms with E-state index in [1.807, 2.05) is 0 Å². The lowest BCUT2D eigenvalue weighted by Crippen LogP contribution is -2.32. The predicted octanol–water partition coefficient (Wildman–Crippen LogP) is 0.478. The van der Waals surface area contributed by atoms with Crippen LogP contribution in [-0.4, -0.2) is 38.0 Å². The lowest BCUT2D eigenvalue weighted by Gasteiger charge is -2.09. The van der Waals surface area contributed by atoms with Gasteiger partial charge in [-0.25, -0.2) is 0 Å². The van der Waals surface area contributed by atoms with Gasteiger partial charge >= 0.3 is 0 Å². The van der Waals surface area contributed by atoms with Crippen molar-refractivity contribution in [2.75, 3.05) is 5.33 Å². The quantitative estimate of drug-likeness (QED) is 0.354. The molecule has 1 fully saturated rings. The van der Waals surface area contributed by atoms with Gasteiger partial charge in [-0.2, -0.15) is 5.06 Å². The Morgan fingerprint density at radius 3 is 2.57 bits per heavy atom. The Kier molecular flexibility index (Phi) is 3.79. The van der Waals surface area contributed by atoms with Crippen molar-refractivity contribution < 1.29 is 19.6 Å². The molecule has 0 saturated carbocycles. The molecule has 14 heavy (non-hydrogen) atoms. The van der Waals surface area contributed by atoms with E-state index in [1.165, 1.54) is 0 Å². The van der Waals surface area contributed by atoms with Gasteiger partial charge in [0, 0.05) is 11.8 Å². The van der Waals surface area contributed by atoms with E-state index in [9.17, 15) is 14.4 Å². The minimum atomic E-state index is -1.05. The maximum Gasteiger partial charge on any atom is 0.264 e. The summed E-state index contributed by atoms with van der Waals surface area (Å²) in [5.41, 5.74) is 0. The number of nitrogens with zero attached hydrogens (tertiary/aromatic N) is 1. The second-order valence-electron chi connectivity index (χ2n) is 2.82. The number of carbonyl (C=O) groups is 3. The summed E-state index contributed by atoms with van der Waals surface area (Å²) >= 11 is 6.13. The molecule has 1 saturated heterocycles. The van der Waals surface area contributed by atoms with Crippen LogP contribution in [0, 0.1) is 5.92 Å². The first-order valence-corrected chi connectivity index (χ1v) is 5.82. The van der Waals surface area contributed by atoms with Gasteiger partial charge in [0.2, 0.25) is 0 Å². The Labute approximate surface area is 96.7 Å². The largest absolute Gasteiger partial charge is 0.298 e. The summed E-state index contributed by atoms with van der Waals surface area (Å²) in [6, 6.07) is 0. The maximum absolute atomic E-state index is 11.5. The summed E-state index contributed by atoms with van der Waals surface area (Å²) in [6.07, 6.45) is -0.247. The molecule has 0 radical (unpaired) electrons. The first-order valence-electron chi connectivity index (χ1n) is 3.78. The number of alkyl halides is 2. The molecule has 78 valence electrons. The first kappa shape index (κ1) is 11.8. The van der Waals surface area contributed by atoms with E-state index in [0.29, 0.717) is 5.33 Å². The van der Waals surface area contributed by atoms with Crippen LogP contribution >= 0.6 is 31.9 Å². The van der Waals surface area contributed by atoms with E-state index >= 15 is 0 Å². The molecule has 2 atom stereocenters. The molecule has 0 aromatic carbocycles. The van der Waals surface area contributed by atoms with Gasteiger partial charge < -0.3 is 0 Å². The van der Waals surface area contributed by atoms with Gasteiger partial charge in [0.1, 0.15) is 5.92 Å². The third-order valence-corrected chi connectivity index (χ3v) is 4.20. The van der Waals surface area contributed by atoms with Gasteiger partial charge in [-0.3, -0.25) is 19.6 Å². The molecule has 1 heterocycles. The van der Waals surface area contributed by atoms with Crippen molar-refractivity contribution in [1.82, 2.24) is 5.06 Å². The lowest BCUT2D eigenvalue weighted by atomic mass is 10.0. The number of hydrogen-bond donors (Lipinski definition) is 1. The third kappa shape index (κ3) is 2.04. The van der Waals surface area contributed by atoms with Crippen LogP contribution in [0.3, 0.4) is 0 Å². The van der Waals surface area contributed by atoms with Crippen LogP contribution < -0.4 is 0 Å². The van der Waals surface area contributed by atoms with E-state index < -0.39 is 28.3 Å². The van der Waals surface area contributed by atoms with Crippen LogP contribution in [0.15, 0.2) is 0 Å². The lowest BCUT2D eigenvalue weighted by molar-refractivity contribution is -0.172. The average molecular weight is 329 g/mol. The summed E-state index contributed by atoms with van der Waals surface area (Å²) in [4.78, 5) is 33.0. The van der Waals surface area contributed by atoms with E-state index in [-0.39, 0.29) is 11.5 Å². The Morgan fingerprint density at radius 2 is 2.21 bits per heavy atom. The van der Waals surface area contributed by atoms with E-state index in [0.717, 1.165) is 0 Å². The Morgan fingerprint density at radius 1 is 1.64 bits per heavy atom. The predicted molar refractivity (Wildman–Crippen MR) is 53.3 cm³/mol. The molecule has 0 aromatic heterocycles. The Bertz CT molecular complexity index is 293. The highest BCUT2D eigenvalue weighted by molar-refractivity contribution is 9.12. The van der Waals surface area contributed by atoms with Crippen molar-refractivity contribution in [2.24, 2.45) is 5.92 Å². The van der Waals surface area contributed by atoms with Crippen LogP contribution in [0.5, 0.6) is 0 Å². The summed E-state index contributed by atoms with van der Waals surface area (Å²) in [7, 11) is 0. The minimum absolute atomic E-state index is 0.0104. The number of hydroxylamine groups is 2. The fourth-order valence-electron chi connectivity index (χ4n) is 1.14. The average Bonchev–Trinajstić information content (AvgIpc) is 2.43. The summed E-state index contributed by atoms with van der Waals surface area (Å²) < 4.78 is 0. The number of imide groups is 1. The number of amides is 2. The highest BCUT2D eigenvalue weighted by Gasteiger charge is 2.43. The standard InChI is InChI=1S/C7H7Br2NO4/c8-2-4(9)6(12)3-1-5(11)10(14)7(3)13/h3-4,14H,1-2H2. The van der Waals surface area contributed by atoms with Gasteiger partial charge in [-0.15, -0.1) is 0 Å². The third-order valence-electron chi connectivity index (χ3n) is 1.91. The summed E-state index contributed by atoms with van der Waals surface area (Å²) in [5.74, 6) is -3.01. The van der Waals surface area contributed by atoms with Crippen LogP contribution in [0.4, 0.5) is 0 Å². The number of ketones is 1. The number of hydrogen-bond acceptors (Lipinski definition) is 4.